The van der Waals surface area contributed by atoms with Crippen LogP contribution in [0.1, 0.15) is 87.3 Å². The van der Waals surface area contributed by atoms with Gasteiger partial charge in [0, 0.05) is 44.6 Å². The van der Waals surface area contributed by atoms with Crippen molar-refractivity contribution >= 4 is 11.6 Å². The van der Waals surface area contributed by atoms with E-state index in [9.17, 15) is 24.9 Å². The van der Waals surface area contributed by atoms with Gasteiger partial charge in [0.25, 0.3) is 0 Å². The van der Waals surface area contributed by atoms with Crippen LogP contribution in [-0.2, 0) is 16.0 Å². The Labute approximate surface area is 297 Å². The molecule has 5 rings (SSSR count). The largest absolute Gasteiger partial charge is 0.504 e. The molecule has 0 unspecified atom stereocenters. The molecule has 8 heteroatoms. The average Bonchev–Trinajstić information content (AvgIpc) is 3.29. The van der Waals surface area contributed by atoms with E-state index in [1.54, 1.807) is 12.1 Å². The Balaban J connectivity index is 1.58. The van der Waals surface area contributed by atoms with Crippen LogP contribution in [0.3, 0.4) is 0 Å². The van der Waals surface area contributed by atoms with Crippen molar-refractivity contribution < 1.29 is 29.6 Å². The molecule has 3 aliphatic rings. The molecule has 0 aromatic heterocycles. The normalized spacial score (nSPS) is 24.7. The second-order valence-corrected chi connectivity index (χ2v) is 14.2. The van der Waals surface area contributed by atoms with E-state index in [-0.39, 0.29) is 73.0 Å². The van der Waals surface area contributed by atoms with Crippen molar-refractivity contribution in [2.45, 2.75) is 77.0 Å². The second kappa shape index (κ2) is 18.3. The number of aliphatic hydroxyl groups excluding tert-OH is 2. The minimum absolute atomic E-state index is 0.0253. The number of hydrogen-bond acceptors (Lipinski definition) is 8. The molecule has 50 heavy (non-hydrogen) atoms. The van der Waals surface area contributed by atoms with Crippen molar-refractivity contribution in [2.75, 3.05) is 33.4 Å². The maximum atomic E-state index is 14.2. The molecular formula is C42H54N2O6. The van der Waals surface area contributed by atoms with Crippen LogP contribution in [0.2, 0.25) is 0 Å². The zero-order valence-electron chi connectivity index (χ0n) is 29.6. The fraction of sp³-hybridized carbons (Fsp3) is 0.524. The molecule has 1 fully saturated rings. The Hall–Kier alpha value is -4.06. The molecule has 1 saturated carbocycles. The van der Waals surface area contributed by atoms with Gasteiger partial charge in [0.15, 0.2) is 11.5 Å². The molecule has 2 aliphatic carbocycles. The summed E-state index contributed by atoms with van der Waals surface area (Å²) in [5, 5.41) is 37.5. The number of nitrogens with one attached hydrogen (secondary N) is 2. The van der Waals surface area contributed by atoms with Crippen molar-refractivity contribution in [3.63, 3.8) is 0 Å². The van der Waals surface area contributed by atoms with E-state index in [1.807, 2.05) is 30.3 Å². The number of rotatable bonds is 12. The van der Waals surface area contributed by atoms with Gasteiger partial charge in [-0.25, -0.2) is 0 Å². The minimum Gasteiger partial charge on any atom is -0.504 e. The van der Waals surface area contributed by atoms with E-state index in [1.165, 1.54) is 12.7 Å². The number of aliphatic hydroxyl groups is 2. The minimum atomic E-state index is -0.403. The van der Waals surface area contributed by atoms with Crippen molar-refractivity contribution in [1.29, 1.82) is 0 Å². The summed E-state index contributed by atoms with van der Waals surface area (Å²) < 4.78 is 5.44. The zero-order valence-corrected chi connectivity index (χ0v) is 29.6. The third kappa shape index (κ3) is 9.58. The number of carbonyl (C=O) groups excluding carboxylic acids is 2. The number of aryl methyl sites for hydroxylation is 1. The van der Waals surface area contributed by atoms with Crippen molar-refractivity contribution in [3.8, 4) is 23.3 Å². The molecule has 0 bridgehead atoms. The molecule has 268 valence electrons. The number of hydrogen-bond donors (Lipinski definition) is 5. The van der Waals surface area contributed by atoms with Gasteiger partial charge >= 0.3 is 0 Å². The van der Waals surface area contributed by atoms with Gasteiger partial charge < -0.3 is 30.7 Å². The summed E-state index contributed by atoms with van der Waals surface area (Å²) in [5.74, 6) is 7.85. The number of aromatic hydroxyl groups is 1. The highest BCUT2D eigenvalue weighted by molar-refractivity contribution is 6.00. The summed E-state index contributed by atoms with van der Waals surface area (Å²) in [6, 6.07) is 13.5. The second-order valence-electron chi connectivity index (χ2n) is 14.2. The standard InChI is InChI=1S/C42H54N2O6/c1-3-8-33(27-46)34-21-29(19-28-15-17-44-42(22-28)43-16-7-18-45)20-31-12-14-36(30-9-5-4-6-10-30)37-26-40(49)41(50-2)24-32(37)11-13-35(47)25-39(48)38(31)23-34/h4-6,9-10,15,22,24,26,29,31,33-34,36,38,43-46,49H,3,7-8,11,13,16-21,23,25,27H2,1-2H3/t29-,31-,33-,34+,36-,38-/m1/s1. The van der Waals surface area contributed by atoms with E-state index >= 15 is 0 Å². The summed E-state index contributed by atoms with van der Waals surface area (Å²) in [6.45, 7) is 3.74. The highest BCUT2D eigenvalue weighted by Gasteiger charge is 2.39. The SMILES string of the molecule is CCC[C@H](CO)[C@H]1C[C@H](CC2=CCNC(NCCCO)=C2)C[C@H]2C#C[C@H](c3ccccc3)c3cc(O)c(OC)cc3CCC(=O)CC(=O)[C@@H]2C1. The number of benzene rings is 2. The number of phenolic OH excluding ortho intramolecular Hbond substituents is 1. The third-order valence-electron chi connectivity index (χ3n) is 10.7. The van der Waals surface area contributed by atoms with Crippen LogP contribution in [0, 0.1) is 41.4 Å². The van der Waals surface area contributed by atoms with Gasteiger partial charge in [0.2, 0.25) is 0 Å². The van der Waals surface area contributed by atoms with Crippen molar-refractivity contribution in [1.82, 2.24) is 10.6 Å². The molecule has 0 saturated heterocycles. The molecule has 0 amide bonds. The maximum Gasteiger partial charge on any atom is 0.160 e. The quantitative estimate of drug-likeness (QED) is 0.108. The van der Waals surface area contributed by atoms with Crippen LogP contribution < -0.4 is 15.4 Å². The molecule has 2 aromatic rings. The number of ether oxygens (including phenoxy) is 1. The van der Waals surface area contributed by atoms with Gasteiger partial charge in [-0.1, -0.05) is 61.6 Å². The Kier molecular flexibility index (Phi) is 13.6. The van der Waals surface area contributed by atoms with Crippen LogP contribution >= 0.6 is 0 Å². The van der Waals surface area contributed by atoms with E-state index in [0.717, 1.165) is 48.2 Å². The van der Waals surface area contributed by atoms with Gasteiger partial charge in [-0.3, -0.25) is 9.59 Å². The first kappa shape index (κ1) is 37.2. The van der Waals surface area contributed by atoms with Crippen molar-refractivity contribution in [2.24, 2.45) is 29.6 Å². The van der Waals surface area contributed by atoms with E-state index in [4.69, 9.17) is 4.74 Å². The smallest absolute Gasteiger partial charge is 0.160 e. The number of carbonyl (C=O) groups is 2. The first-order valence-corrected chi connectivity index (χ1v) is 18.4. The van der Waals surface area contributed by atoms with Gasteiger partial charge in [-0.2, -0.15) is 0 Å². The van der Waals surface area contributed by atoms with E-state index in [2.05, 4.69) is 41.6 Å². The Morgan fingerprint density at radius 1 is 1.06 bits per heavy atom. The van der Waals surface area contributed by atoms with Crippen LogP contribution in [0.15, 0.2) is 66.0 Å². The summed E-state index contributed by atoms with van der Waals surface area (Å²) in [6.07, 6.45) is 10.4. The van der Waals surface area contributed by atoms with Crippen molar-refractivity contribution in [3.05, 3.63) is 82.7 Å². The fourth-order valence-corrected chi connectivity index (χ4v) is 8.17. The molecular weight excluding hydrogens is 628 g/mol. The highest BCUT2D eigenvalue weighted by Crippen LogP contribution is 2.44. The highest BCUT2D eigenvalue weighted by atomic mass is 16.5. The number of ketones is 2. The van der Waals surface area contributed by atoms with Gasteiger partial charge in [-0.05, 0) is 103 Å². The third-order valence-corrected chi connectivity index (χ3v) is 10.7. The number of allylic oxidation sites excluding steroid dienone is 2. The molecule has 6 atom stereocenters. The molecule has 5 N–H and O–H groups in total. The lowest BCUT2D eigenvalue weighted by atomic mass is 9.76. The predicted octanol–water partition coefficient (Wildman–Crippen LogP) is 5.80. The number of methoxy groups -OCH3 is 1. The van der Waals surface area contributed by atoms with E-state index in [0.29, 0.717) is 44.5 Å². The Morgan fingerprint density at radius 2 is 1.88 bits per heavy atom. The molecule has 1 aliphatic heterocycles. The fourth-order valence-electron chi connectivity index (χ4n) is 8.17. The maximum absolute atomic E-state index is 14.2. The Bertz CT molecular complexity index is 1590. The van der Waals surface area contributed by atoms with Crippen LogP contribution in [0.25, 0.3) is 0 Å². The molecule has 1 heterocycles. The van der Waals surface area contributed by atoms with Crippen LogP contribution in [0.5, 0.6) is 11.5 Å². The number of dihydropyridines is 1. The zero-order chi connectivity index (χ0) is 35.5. The number of phenols is 1. The summed E-state index contributed by atoms with van der Waals surface area (Å²) in [4.78, 5) is 27.7. The topological polar surface area (TPSA) is 128 Å². The molecule has 0 spiro atoms. The van der Waals surface area contributed by atoms with Gasteiger partial charge in [-0.15, -0.1) is 0 Å². The van der Waals surface area contributed by atoms with E-state index < -0.39 is 5.92 Å². The molecule has 0 radical (unpaired) electrons. The monoisotopic (exact) mass is 682 g/mol. The van der Waals surface area contributed by atoms with Crippen LogP contribution in [-0.4, -0.2) is 60.3 Å². The lowest BCUT2D eigenvalue weighted by Crippen LogP contribution is -2.30. The lowest BCUT2D eigenvalue weighted by molar-refractivity contribution is -0.130. The summed E-state index contributed by atoms with van der Waals surface area (Å²) in [5.41, 5.74) is 3.92. The first-order chi connectivity index (χ1) is 24.3. The number of fused-ring (bicyclic) bond motifs is 2. The molecule has 8 nitrogen and oxygen atoms in total. The first-order valence-electron chi connectivity index (χ1n) is 18.4. The van der Waals surface area contributed by atoms with Gasteiger partial charge in [0.05, 0.1) is 25.3 Å². The number of Topliss-reactive ketones (excluding diaryl/α,β-unsaturated/α-hetero) is 2. The lowest BCUT2D eigenvalue weighted by Gasteiger charge is -2.29. The Morgan fingerprint density at radius 3 is 2.62 bits per heavy atom. The summed E-state index contributed by atoms with van der Waals surface area (Å²) in [7, 11) is 1.51. The average molecular weight is 683 g/mol. The molecule has 2 aromatic carbocycles. The summed E-state index contributed by atoms with van der Waals surface area (Å²) >= 11 is 0. The van der Waals surface area contributed by atoms with Crippen LogP contribution in [0.4, 0.5) is 0 Å². The predicted molar refractivity (Wildman–Crippen MR) is 195 cm³/mol. The van der Waals surface area contributed by atoms with Gasteiger partial charge in [0.1, 0.15) is 11.6 Å².